The van der Waals surface area contributed by atoms with E-state index in [1.807, 2.05) is 18.9 Å². The summed E-state index contributed by atoms with van der Waals surface area (Å²) in [6, 6.07) is 0.0880. The van der Waals surface area contributed by atoms with Crippen LogP contribution in [0.2, 0.25) is 0 Å². The van der Waals surface area contributed by atoms with Gasteiger partial charge in [0.2, 0.25) is 0 Å². The molecule has 70 valence electrons. The number of hydrogen-bond acceptors (Lipinski definition) is 3. The number of carbonyl (C=O) groups is 2. The molecule has 0 aromatic rings. The molecule has 0 N–H and O–H groups in total. The van der Waals surface area contributed by atoms with Gasteiger partial charge in [-0.1, -0.05) is 6.92 Å². The first-order valence-corrected chi connectivity index (χ1v) is 4.25. The molecule has 0 aliphatic carbocycles. The van der Waals surface area contributed by atoms with Crippen LogP contribution in [0.4, 0.5) is 0 Å². The molecule has 0 saturated carbocycles. The lowest BCUT2D eigenvalue weighted by molar-refractivity contribution is -0.118. The Hall–Kier alpha value is -0.700. The third-order valence-corrected chi connectivity index (χ3v) is 2.01. The zero-order valence-electron chi connectivity index (χ0n) is 8.04. The van der Waals surface area contributed by atoms with Gasteiger partial charge in [0.25, 0.3) is 0 Å². The molecule has 1 atom stereocenters. The lowest BCUT2D eigenvalue weighted by atomic mass is 10.1. The molecule has 0 bridgehead atoms. The van der Waals surface area contributed by atoms with Gasteiger partial charge < -0.3 is 9.69 Å². The van der Waals surface area contributed by atoms with Crippen molar-refractivity contribution in [2.45, 2.75) is 32.7 Å². The highest BCUT2D eigenvalue weighted by molar-refractivity contribution is 5.76. The molecule has 0 aliphatic rings. The number of carbonyl (C=O) groups excluding carboxylic acids is 2. The second kappa shape index (κ2) is 5.89. The predicted molar refractivity (Wildman–Crippen MR) is 48.1 cm³/mol. The monoisotopic (exact) mass is 171 g/mol. The van der Waals surface area contributed by atoms with E-state index in [2.05, 4.69) is 0 Å². The van der Waals surface area contributed by atoms with Crippen LogP contribution in [-0.2, 0) is 9.59 Å². The summed E-state index contributed by atoms with van der Waals surface area (Å²) in [5, 5.41) is 0. The molecule has 3 heteroatoms. The van der Waals surface area contributed by atoms with Crippen LogP contribution in [0.1, 0.15) is 26.7 Å². The Labute approximate surface area is 73.7 Å². The van der Waals surface area contributed by atoms with E-state index >= 15 is 0 Å². The molecule has 0 rings (SSSR count). The average molecular weight is 171 g/mol. The number of hydrogen-bond donors (Lipinski definition) is 0. The maximum Gasteiger partial charge on any atom is 0.131 e. The smallest absolute Gasteiger partial charge is 0.131 e. The van der Waals surface area contributed by atoms with E-state index in [0.717, 1.165) is 12.8 Å². The standard InChI is InChI=1S/C9H17NO2/c1-4-10(3)9(5-6-11)7-8(2)12/h6,9H,4-5,7H2,1-3H3. The van der Waals surface area contributed by atoms with E-state index in [4.69, 9.17) is 0 Å². The number of rotatable bonds is 6. The van der Waals surface area contributed by atoms with Gasteiger partial charge in [-0.15, -0.1) is 0 Å². The van der Waals surface area contributed by atoms with Gasteiger partial charge in [-0.25, -0.2) is 0 Å². The van der Waals surface area contributed by atoms with Crippen molar-refractivity contribution in [1.82, 2.24) is 4.90 Å². The molecule has 0 heterocycles. The minimum Gasteiger partial charge on any atom is -0.303 e. The molecule has 3 nitrogen and oxygen atoms in total. The summed E-state index contributed by atoms with van der Waals surface area (Å²) in [7, 11) is 1.93. The summed E-state index contributed by atoms with van der Waals surface area (Å²) < 4.78 is 0. The highest BCUT2D eigenvalue weighted by Crippen LogP contribution is 2.05. The fourth-order valence-electron chi connectivity index (χ4n) is 1.12. The van der Waals surface area contributed by atoms with Crippen LogP contribution >= 0.6 is 0 Å². The first-order chi connectivity index (χ1) is 5.61. The van der Waals surface area contributed by atoms with E-state index < -0.39 is 0 Å². The Kier molecular flexibility index (Phi) is 5.54. The maximum absolute atomic E-state index is 10.8. The minimum atomic E-state index is 0.0880. The minimum absolute atomic E-state index is 0.0880. The normalized spacial score (nSPS) is 13.0. The van der Waals surface area contributed by atoms with E-state index in [-0.39, 0.29) is 11.8 Å². The third kappa shape index (κ3) is 4.23. The summed E-state index contributed by atoms with van der Waals surface area (Å²) in [6.07, 6.45) is 1.80. The summed E-state index contributed by atoms with van der Waals surface area (Å²) in [5.74, 6) is 0.141. The molecule has 12 heavy (non-hydrogen) atoms. The zero-order chi connectivity index (χ0) is 9.56. The van der Waals surface area contributed by atoms with Crippen molar-refractivity contribution in [2.75, 3.05) is 13.6 Å². The van der Waals surface area contributed by atoms with E-state index in [9.17, 15) is 9.59 Å². The molecule has 0 saturated heterocycles. The van der Waals surface area contributed by atoms with Gasteiger partial charge in [-0.05, 0) is 20.5 Å². The van der Waals surface area contributed by atoms with Crippen molar-refractivity contribution in [3.8, 4) is 0 Å². The maximum atomic E-state index is 10.8. The van der Waals surface area contributed by atoms with Gasteiger partial charge in [-0.2, -0.15) is 0 Å². The van der Waals surface area contributed by atoms with Crippen molar-refractivity contribution in [2.24, 2.45) is 0 Å². The molecule has 0 aromatic heterocycles. The number of Topliss-reactive ketones (excluding diaryl/α,β-unsaturated/α-hetero) is 1. The fraction of sp³-hybridized carbons (Fsp3) is 0.778. The van der Waals surface area contributed by atoms with Gasteiger partial charge in [0.1, 0.15) is 12.1 Å². The lowest BCUT2D eigenvalue weighted by Crippen LogP contribution is -2.33. The predicted octanol–water partition coefficient (Wildman–Crippen LogP) is 0.875. The van der Waals surface area contributed by atoms with Crippen molar-refractivity contribution in [1.29, 1.82) is 0 Å². The van der Waals surface area contributed by atoms with Crippen LogP contribution in [-0.4, -0.2) is 36.6 Å². The largest absolute Gasteiger partial charge is 0.303 e. The van der Waals surface area contributed by atoms with Gasteiger partial charge in [0.15, 0.2) is 0 Å². The SMILES string of the molecule is CCN(C)C(CC=O)CC(C)=O. The van der Waals surface area contributed by atoms with Crippen LogP contribution in [0.15, 0.2) is 0 Å². The van der Waals surface area contributed by atoms with Crippen molar-refractivity contribution < 1.29 is 9.59 Å². The van der Waals surface area contributed by atoms with Gasteiger partial charge >= 0.3 is 0 Å². The van der Waals surface area contributed by atoms with Crippen LogP contribution in [0.3, 0.4) is 0 Å². The first-order valence-electron chi connectivity index (χ1n) is 4.25. The van der Waals surface area contributed by atoms with Crippen LogP contribution in [0.25, 0.3) is 0 Å². The fourth-order valence-corrected chi connectivity index (χ4v) is 1.12. The second-order valence-corrected chi connectivity index (χ2v) is 3.04. The van der Waals surface area contributed by atoms with Crippen molar-refractivity contribution in [3.63, 3.8) is 0 Å². The molecule has 0 spiro atoms. The molecule has 0 fully saturated rings. The summed E-state index contributed by atoms with van der Waals surface area (Å²) in [6.45, 7) is 4.44. The van der Waals surface area contributed by atoms with E-state index in [1.165, 1.54) is 0 Å². The molecule has 0 aliphatic heterocycles. The van der Waals surface area contributed by atoms with E-state index in [0.29, 0.717) is 12.8 Å². The average Bonchev–Trinajstić information content (AvgIpc) is 2.01. The van der Waals surface area contributed by atoms with Crippen molar-refractivity contribution in [3.05, 3.63) is 0 Å². The van der Waals surface area contributed by atoms with E-state index in [1.54, 1.807) is 6.92 Å². The summed E-state index contributed by atoms with van der Waals surface area (Å²) >= 11 is 0. The molecule has 0 radical (unpaired) electrons. The molecule has 0 aromatic carbocycles. The summed E-state index contributed by atoms with van der Waals surface area (Å²) in [4.78, 5) is 23.1. The molecule has 0 amide bonds. The zero-order valence-corrected chi connectivity index (χ0v) is 8.04. The van der Waals surface area contributed by atoms with Crippen LogP contribution < -0.4 is 0 Å². The highest BCUT2D eigenvalue weighted by atomic mass is 16.1. The summed E-state index contributed by atoms with van der Waals surface area (Å²) in [5.41, 5.74) is 0. The third-order valence-electron chi connectivity index (χ3n) is 2.01. The van der Waals surface area contributed by atoms with Gasteiger partial charge in [-0.3, -0.25) is 4.79 Å². The highest BCUT2D eigenvalue weighted by Gasteiger charge is 2.14. The first kappa shape index (κ1) is 11.3. The van der Waals surface area contributed by atoms with Crippen LogP contribution in [0, 0.1) is 0 Å². The van der Waals surface area contributed by atoms with Crippen LogP contribution in [0.5, 0.6) is 0 Å². The Morgan fingerprint density at radius 1 is 1.58 bits per heavy atom. The number of ketones is 1. The second-order valence-electron chi connectivity index (χ2n) is 3.04. The lowest BCUT2D eigenvalue weighted by Gasteiger charge is -2.23. The molecular weight excluding hydrogens is 154 g/mol. The Bertz CT molecular complexity index is 157. The quantitative estimate of drug-likeness (QED) is 0.557. The number of aldehydes is 1. The Morgan fingerprint density at radius 2 is 2.17 bits per heavy atom. The molecular formula is C9H17NO2. The topological polar surface area (TPSA) is 37.4 Å². The number of nitrogens with zero attached hydrogens (tertiary/aromatic N) is 1. The Balaban J connectivity index is 4.01. The molecule has 1 unspecified atom stereocenters. The van der Waals surface area contributed by atoms with Gasteiger partial charge in [0, 0.05) is 18.9 Å². The van der Waals surface area contributed by atoms with Gasteiger partial charge in [0.05, 0.1) is 0 Å². The van der Waals surface area contributed by atoms with Crippen molar-refractivity contribution >= 4 is 12.1 Å². The Morgan fingerprint density at radius 3 is 2.50 bits per heavy atom.